The van der Waals surface area contributed by atoms with Gasteiger partial charge in [0.1, 0.15) is 0 Å². The molecular weight excluding hydrogens is 304 g/mol. The maximum atomic E-state index is 12.6. The van der Waals surface area contributed by atoms with Crippen molar-refractivity contribution in [3.63, 3.8) is 0 Å². The summed E-state index contributed by atoms with van der Waals surface area (Å²) in [7, 11) is 0. The molecule has 2 atom stereocenters. The lowest BCUT2D eigenvalue weighted by molar-refractivity contribution is 0.0923. The molecule has 0 aromatic heterocycles. The minimum atomic E-state index is -0.0238. The van der Waals surface area contributed by atoms with E-state index >= 15 is 0 Å². The second-order valence-corrected chi connectivity index (χ2v) is 6.72. The fourth-order valence-electron chi connectivity index (χ4n) is 3.69. The number of rotatable bonds is 7. The third kappa shape index (κ3) is 4.01. The first kappa shape index (κ1) is 17.1. The van der Waals surface area contributed by atoms with Crippen molar-refractivity contribution < 1.29 is 14.3 Å². The minimum Gasteiger partial charge on any atom is -0.490 e. The van der Waals surface area contributed by atoms with Gasteiger partial charge in [-0.15, -0.1) is 0 Å². The lowest BCUT2D eigenvalue weighted by Crippen LogP contribution is -2.48. The molecule has 2 aliphatic heterocycles. The Morgan fingerprint density at radius 1 is 1.17 bits per heavy atom. The maximum Gasteiger partial charge on any atom is 0.251 e. The predicted molar refractivity (Wildman–Crippen MR) is 93.8 cm³/mol. The van der Waals surface area contributed by atoms with Gasteiger partial charge in [-0.1, -0.05) is 6.92 Å². The number of carbonyl (C=O) groups is 1. The second-order valence-electron chi connectivity index (χ2n) is 6.72. The van der Waals surface area contributed by atoms with Gasteiger partial charge in [0.25, 0.3) is 5.91 Å². The Hall–Kier alpha value is -1.75. The van der Waals surface area contributed by atoms with Crippen molar-refractivity contribution in [1.29, 1.82) is 0 Å². The van der Waals surface area contributed by atoms with Crippen LogP contribution >= 0.6 is 0 Å². The van der Waals surface area contributed by atoms with E-state index in [-0.39, 0.29) is 11.9 Å². The molecule has 24 heavy (non-hydrogen) atoms. The predicted octanol–water partition coefficient (Wildman–Crippen LogP) is 2.89. The van der Waals surface area contributed by atoms with E-state index in [1.54, 1.807) is 6.07 Å². The number of carbonyl (C=O) groups excluding carboxylic acids is 1. The third-order valence-electron chi connectivity index (χ3n) is 4.78. The summed E-state index contributed by atoms with van der Waals surface area (Å²) in [6.07, 6.45) is 5.45. The molecule has 132 valence electrons. The third-order valence-corrected chi connectivity index (χ3v) is 4.78. The number of benzene rings is 1. The van der Waals surface area contributed by atoms with Crippen LogP contribution in [0.4, 0.5) is 0 Å². The van der Waals surface area contributed by atoms with Crippen LogP contribution in [0.15, 0.2) is 18.2 Å². The molecule has 1 amide bonds. The summed E-state index contributed by atoms with van der Waals surface area (Å²) in [5, 5.41) is 6.79. The van der Waals surface area contributed by atoms with Crippen LogP contribution in [-0.2, 0) is 0 Å². The average molecular weight is 332 g/mol. The summed E-state index contributed by atoms with van der Waals surface area (Å²) in [5.74, 6) is 1.32. The van der Waals surface area contributed by atoms with Crippen molar-refractivity contribution in [3.8, 4) is 11.5 Å². The van der Waals surface area contributed by atoms with Gasteiger partial charge in [0.15, 0.2) is 11.5 Å². The first-order valence-corrected chi connectivity index (χ1v) is 9.16. The van der Waals surface area contributed by atoms with Crippen molar-refractivity contribution in [2.45, 2.75) is 64.1 Å². The molecule has 2 saturated heterocycles. The molecule has 3 rings (SSSR count). The fraction of sp³-hybridized carbons (Fsp3) is 0.632. The zero-order valence-corrected chi connectivity index (χ0v) is 14.6. The molecule has 2 unspecified atom stereocenters. The van der Waals surface area contributed by atoms with Gasteiger partial charge in [0, 0.05) is 23.7 Å². The smallest absolute Gasteiger partial charge is 0.251 e. The number of hydrogen-bond acceptors (Lipinski definition) is 4. The largest absolute Gasteiger partial charge is 0.490 e. The summed E-state index contributed by atoms with van der Waals surface area (Å²) in [5.41, 5.74) is 0.633. The van der Waals surface area contributed by atoms with Gasteiger partial charge in [-0.25, -0.2) is 0 Å². The number of hydrogen-bond donors (Lipinski definition) is 2. The van der Waals surface area contributed by atoms with Crippen molar-refractivity contribution in [2.75, 3.05) is 13.2 Å². The zero-order chi connectivity index (χ0) is 16.9. The van der Waals surface area contributed by atoms with Gasteiger partial charge in [-0.05, 0) is 57.2 Å². The van der Waals surface area contributed by atoms with Crippen molar-refractivity contribution >= 4 is 5.91 Å². The van der Waals surface area contributed by atoms with E-state index in [0.29, 0.717) is 42.4 Å². The van der Waals surface area contributed by atoms with Gasteiger partial charge in [0.05, 0.1) is 13.2 Å². The molecular formula is C19H28N2O3. The first-order valence-electron chi connectivity index (χ1n) is 9.16. The van der Waals surface area contributed by atoms with Crippen LogP contribution in [0.1, 0.15) is 56.3 Å². The highest BCUT2D eigenvalue weighted by molar-refractivity contribution is 5.95. The monoisotopic (exact) mass is 332 g/mol. The lowest BCUT2D eigenvalue weighted by Gasteiger charge is -2.29. The van der Waals surface area contributed by atoms with Crippen LogP contribution in [0.2, 0.25) is 0 Å². The maximum absolute atomic E-state index is 12.6. The molecule has 0 radical (unpaired) electrons. The highest BCUT2D eigenvalue weighted by Crippen LogP contribution is 2.30. The highest BCUT2D eigenvalue weighted by Gasteiger charge is 2.34. The normalized spacial score (nSPS) is 25.3. The molecule has 5 nitrogen and oxygen atoms in total. The molecule has 2 bridgehead atoms. The number of nitrogens with one attached hydrogen (secondary N) is 2. The van der Waals surface area contributed by atoms with Gasteiger partial charge in [0.2, 0.25) is 0 Å². The fourth-order valence-corrected chi connectivity index (χ4v) is 3.69. The van der Waals surface area contributed by atoms with E-state index in [9.17, 15) is 4.79 Å². The highest BCUT2D eigenvalue weighted by atomic mass is 16.5. The Morgan fingerprint density at radius 3 is 2.58 bits per heavy atom. The van der Waals surface area contributed by atoms with Crippen molar-refractivity contribution in [1.82, 2.24) is 10.6 Å². The van der Waals surface area contributed by atoms with E-state index in [4.69, 9.17) is 9.47 Å². The van der Waals surface area contributed by atoms with Crippen LogP contribution in [-0.4, -0.2) is 37.2 Å². The number of amides is 1. The van der Waals surface area contributed by atoms with Crippen LogP contribution in [0.5, 0.6) is 11.5 Å². The number of ether oxygens (including phenoxy) is 2. The Kier molecular flexibility index (Phi) is 5.61. The van der Waals surface area contributed by atoms with E-state index in [1.807, 2.05) is 19.1 Å². The van der Waals surface area contributed by atoms with Gasteiger partial charge in [-0.2, -0.15) is 0 Å². The van der Waals surface area contributed by atoms with Crippen LogP contribution in [0.25, 0.3) is 0 Å². The molecule has 1 aromatic carbocycles. The summed E-state index contributed by atoms with van der Waals surface area (Å²) in [4.78, 5) is 12.6. The standard InChI is InChI=1S/C19H28N2O3/c1-3-9-24-17-8-5-13(10-18(17)23-4-2)19(22)21-16-11-14-6-7-15(12-16)20-14/h5,8,10,14-16,20H,3-4,6-7,9,11-12H2,1-2H3,(H,21,22). The van der Waals surface area contributed by atoms with Gasteiger partial charge < -0.3 is 20.1 Å². The molecule has 5 heteroatoms. The topological polar surface area (TPSA) is 59.6 Å². The van der Waals surface area contributed by atoms with E-state index < -0.39 is 0 Å². The molecule has 2 heterocycles. The van der Waals surface area contributed by atoms with Crippen molar-refractivity contribution in [2.24, 2.45) is 0 Å². The molecule has 0 saturated carbocycles. The molecule has 2 aliphatic rings. The van der Waals surface area contributed by atoms with Crippen LogP contribution in [0, 0.1) is 0 Å². The zero-order valence-electron chi connectivity index (χ0n) is 14.6. The van der Waals surface area contributed by atoms with E-state index in [0.717, 1.165) is 19.3 Å². The summed E-state index contributed by atoms with van der Waals surface area (Å²) in [6, 6.07) is 6.85. The Labute approximate surface area is 144 Å². The number of fused-ring (bicyclic) bond motifs is 2. The molecule has 1 aromatic rings. The summed E-state index contributed by atoms with van der Waals surface area (Å²) in [6.45, 7) is 5.18. The van der Waals surface area contributed by atoms with E-state index in [2.05, 4.69) is 17.6 Å². The molecule has 0 spiro atoms. The molecule has 0 aliphatic carbocycles. The average Bonchev–Trinajstić information content (AvgIpc) is 2.92. The van der Waals surface area contributed by atoms with Gasteiger partial charge >= 0.3 is 0 Å². The summed E-state index contributed by atoms with van der Waals surface area (Å²) >= 11 is 0. The van der Waals surface area contributed by atoms with Crippen molar-refractivity contribution in [3.05, 3.63) is 23.8 Å². The van der Waals surface area contributed by atoms with Crippen LogP contribution in [0.3, 0.4) is 0 Å². The number of piperidine rings is 1. The Morgan fingerprint density at radius 2 is 1.92 bits per heavy atom. The lowest BCUT2D eigenvalue weighted by atomic mass is 9.99. The SMILES string of the molecule is CCCOc1ccc(C(=O)NC2CC3CCC(C2)N3)cc1OCC. The first-order chi connectivity index (χ1) is 11.7. The van der Waals surface area contributed by atoms with Gasteiger partial charge in [-0.3, -0.25) is 4.79 Å². The summed E-state index contributed by atoms with van der Waals surface area (Å²) < 4.78 is 11.3. The second kappa shape index (κ2) is 7.88. The van der Waals surface area contributed by atoms with Crippen LogP contribution < -0.4 is 20.1 Å². The quantitative estimate of drug-likeness (QED) is 0.806. The molecule has 2 fully saturated rings. The minimum absolute atomic E-state index is 0.0238. The Bertz CT molecular complexity index is 564. The Balaban J connectivity index is 1.66. The van der Waals surface area contributed by atoms with E-state index in [1.165, 1.54) is 12.8 Å². The molecule has 2 N–H and O–H groups in total.